The zero-order valence-electron chi connectivity index (χ0n) is 12.1. The van der Waals surface area contributed by atoms with Crippen molar-refractivity contribution >= 4 is 17.9 Å². The van der Waals surface area contributed by atoms with Crippen LogP contribution in [0, 0.1) is 4.64 Å². The predicted molar refractivity (Wildman–Crippen MR) is 86.4 cm³/mol. The standard InChI is InChI=1S/C16H17N3OS/c1-3-12-9-16(21)19-15(17-12)10-14(18-19)11-5-7-13(8-6-11)20-4-2/h5-10,18H,3-4H2,1-2H3. The Morgan fingerprint density at radius 2 is 1.95 bits per heavy atom. The number of aryl methyl sites for hydroxylation is 1. The van der Waals surface area contributed by atoms with Gasteiger partial charge in [-0.2, -0.15) is 0 Å². The van der Waals surface area contributed by atoms with Crippen molar-refractivity contribution in [1.82, 2.24) is 14.6 Å². The van der Waals surface area contributed by atoms with Crippen LogP contribution in [0.3, 0.4) is 0 Å². The molecule has 1 N–H and O–H groups in total. The van der Waals surface area contributed by atoms with Crippen LogP contribution in [0.1, 0.15) is 19.5 Å². The average Bonchev–Trinajstić information content (AvgIpc) is 2.93. The normalized spacial score (nSPS) is 11.0. The van der Waals surface area contributed by atoms with E-state index in [9.17, 15) is 0 Å². The minimum Gasteiger partial charge on any atom is -0.494 e. The molecular weight excluding hydrogens is 282 g/mol. The Morgan fingerprint density at radius 1 is 1.19 bits per heavy atom. The average molecular weight is 299 g/mol. The summed E-state index contributed by atoms with van der Waals surface area (Å²) in [6.07, 6.45) is 0.879. The molecule has 3 aromatic rings. The maximum atomic E-state index is 5.46. The SMILES string of the molecule is CCOc1ccc(-c2cc3nc(CC)cc(=S)n3[nH]2)cc1. The summed E-state index contributed by atoms with van der Waals surface area (Å²) in [5, 5.41) is 3.29. The third-order valence-electron chi connectivity index (χ3n) is 3.34. The molecule has 0 aliphatic heterocycles. The zero-order valence-corrected chi connectivity index (χ0v) is 12.9. The van der Waals surface area contributed by atoms with Gasteiger partial charge in [-0.25, -0.2) is 9.50 Å². The molecule has 2 heterocycles. The third kappa shape index (κ3) is 2.69. The number of aromatic amines is 1. The fraction of sp³-hybridized carbons (Fsp3) is 0.250. The number of aromatic nitrogens is 3. The summed E-state index contributed by atoms with van der Waals surface area (Å²) < 4.78 is 8.04. The molecule has 4 nitrogen and oxygen atoms in total. The molecule has 0 atom stereocenters. The molecular formula is C16H17N3OS. The van der Waals surface area contributed by atoms with Crippen LogP contribution < -0.4 is 4.74 Å². The van der Waals surface area contributed by atoms with Gasteiger partial charge < -0.3 is 4.74 Å². The second kappa shape index (κ2) is 5.69. The molecule has 0 aliphatic rings. The van der Waals surface area contributed by atoms with E-state index in [1.807, 2.05) is 47.8 Å². The van der Waals surface area contributed by atoms with Gasteiger partial charge in [0.25, 0.3) is 0 Å². The summed E-state index contributed by atoms with van der Waals surface area (Å²) in [4.78, 5) is 4.59. The maximum Gasteiger partial charge on any atom is 0.155 e. The van der Waals surface area contributed by atoms with Crippen LogP contribution in [0.25, 0.3) is 16.9 Å². The largest absolute Gasteiger partial charge is 0.494 e. The molecule has 1 aromatic carbocycles. The van der Waals surface area contributed by atoms with Gasteiger partial charge in [-0.3, -0.25) is 5.10 Å². The third-order valence-corrected chi connectivity index (χ3v) is 3.64. The highest BCUT2D eigenvalue weighted by molar-refractivity contribution is 7.71. The second-order valence-electron chi connectivity index (χ2n) is 4.76. The van der Waals surface area contributed by atoms with E-state index in [-0.39, 0.29) is 0 Å². The molecule has 2 aromatic heterocycles. The summed E-state index contributed by atoms with van der Waals surface area (Å²) >= 11 is 5.40. The van der Waals surface area contributed by atoms with Crippen molar-refractivity contribution in [3.8, 4) is 17.0 Å². The van der Waals surface area contributed by atoms with Crippen LogP contribution in [-0.4, -0.2) is 21.2 Å². The first kappa shape index (κ1) is 13.8. The molecule has 0 bridgehead atoms. The molecule has 0 unspecified atom stereocenters. The lowest BCUT2D eigenvalue weighted by atomic mass is 10.1. The summed E-state index contributed by atoms with van der Waals surface area (Å²) in [5.41, 5.74) is 3.93. The van der Waals surface area contributed by atoms with Gasteiger partial charge >= 0.3 is 0 Å². The Kier molecular flexibility index (Phi) is 3.75. The molecule has 0 spiro atoms. The van der Waals surface area contributed by atoms with Gasteiger partial charge in [0.1, 0.15) is 10.4 Å². The maximum absolute atomic E-state index is 5.46. The molecule has 0 fully saturated rings. The number of rotatable bonds is 4. The summed E-state index contributed by atoms with van der Waals surface area (Å²) in [6, 6.07) is 11.9. The lowest BCUT2D eigenvalue weighted by Gasteiger charge is -2.03. The van der Waals surface area contributed by atoms with Gasteiger partial charge in [0.05, 0.1) is 12.3 Å². The van der Waals surface area contributed by atoms with Gasteiger partial charge in [0, 0.05) is 11.8 Å². The molecule has 5 heteroatoms. The number of hydrogen-bond acceptors (Lipinski definition) is 3. The number of benzene rings is 1. The number of hydrogen-bond donors (Lipinski definition) is 1. The van der Waals surface area contributed by atoms with Crippen molar-refractivity contribution < 1.29 is 4.74 Å². The van der Waals surface area contributed by atoms with Crippen LogP contribution in [0.15, 0.2) is 36.4 Å². The van der Waals surface area contributed by atoms with Gasteiger partial charge in [-0.15, -0.1) is 0 Å². The minimum absolute atomic E-state index is 0.671. The van der Waals surface area contributed by atoms with E-state index in [4.69, 9.17) is 17.0 Å². The van der Waals surface area contributed by atoms with Crippen LogP contribution in [0.5, 0.6) is 5.75 Å². The second-order valence-corrected chi connectivity index (χ2v) is 5.18. The number of nitrogens with zero attached hydrogens (tertiary/aromatic N) is 2. The summed E-state index contributed by atoms with van der Waals surface area (Å²) in [6.45, 7) is 4.72. The van der Waals surface area contributed by atoms with Crippen molar-refractivity contribution in [2.75, 3.05) is 6.61 Å². The predicted octanol–water partition coefficient (Wildman–Crippen LogP) is 4.02. The topological polar surface area (TPSA) is 42.3 Å². The minimum atomic E-state index is 0.671. The van der Waals surface area contributed by atoms with E-state index in [0.29, 0.717) is 6.61 Å². The molecule has 3 rings (SSSR count). The Bertz CT molecular complexity index is 818. The van der Waals surface area contributed by atoms with Crippen molar-refractivity contribution in [3.63, 3.8) is 0 Å². The van der Waals surface area contributed by atoms with E-state index < -0.39 is 0 Å². The fourth-order valence-electron chi connectivity index (χ4n) is 2.27. The lowest BCUT2D eigenvalue weighted by molar-refractivity contribution is 0.340. The number of nitrogens with one attached hydrogen (secondary N) is 1. The van der Waals surface area contributed by atoms with Crippen LogP contribution in [-0.2, 0) is 6.42 Å². The Labute approximate surface area is 128 Å². The Morgan fingerprint density at radius 3 is 2.62 bits per heavy atom. The van der Waals surface area contributed by atoms with E-state index in [1.54, 1.807) is 0 Å². The first-order valence-corrected chi connectivity index (χ1v) is 7.47. The number of fused-ring (bicyclic) bond motifs is 1. The molecule has 0 radical (unpaired) electrons. The number of H-pyrrole nitrogens is 1. The highest BCUT2D eigenvalue weighted by Crippen LogP contribution is 2.22. The van der Waals surface area contributed by atoms with E-state index >= 15 is 0 Å². The zero-order chi connectivity index (χ0) is 14.8. The first-order chi connectivity index (χ1) is 10.2. The lowest BCUT2D eigenvalue weighted by Crippen LogP contribution is -1.95. The summed E-state index contributed by atoms with van der Waals surface area (Å²) in [7, 11) is 0. The molecule has 21 heavy (non-hydrogen) atoms. The van der Waals surface area contributed by atoms with E-state index in [1.165, 1.54) is 0 Å². The molecule has 108 valence electrons. The van der Waals surface area contributed by atoms with Gasteiger partial charge in [-0.05, 0) is 49.2 Å². The van der Waals surface area contributed by atoms with Crippen LogP contribution >= 0.6 is 12.2 Å². The van der Waals surface area contributed by atoms with Crippen molar-refractivity contribution in [1.29, 1.82) is 0 Å². The summed E-state index contributed by atoms with van der Waals surface area (Å²) in [5.74, 6) is 0.875. The number of ether oxygens (including phenoxy) is 1. The van der Waals surface area contributed by atoms with Gasteiger partial charge in [0.2, 0.25) is 0 Å². The molecule has 0 saturated carbocycles. The molecule has 0 amide bonds. The van der Waals surface area contributed by atoms with E-state index in [0.717, 1.165) is 39.4 Å². The van der Waals surface area contributed by atoms with Crippen molar-refractivity contribution in [2.24, 2.45) is 0 Å². The monoisotopic (exact) mass is 299 g/mol. The van der Waals surface area contributed by atoms with Crippen molar-refractivity contribution in [3.05, 3.63) is 46.7 Å². The Hall–Kier alpha value is -2.14. The van der Waals surface area contributed by atoms with E-state index in [2.05, 4.69) is 17.0 Å². The highest BCUT2D eigenvalue weighted by atomic mass is 32.1. The van der Waals surface area contributed by atoms with Crippen molar-refractivity contribution in [2.45, 2.75) is 20.3 Å². The van der Waals surface area contributed by atoms with Crippen LogP contribution in [0.4, 0.5) is 0 Å². The fourth-order valence-corrected chi connectivity index (χ4v) is 2.54. The highest BCUT2D eigenvalue weighted by Gasteiger charge is 2.06. The van der Waals surface area contributed by atoms with Gasteiger partial charge in [-0.1, -0.05) is 19.1 Å². The molecule has 0 saturated heterocycles. The first-order valence-electron chi connectivity index (χ1n) is 7.06. The smallest absolute Gasteiger partial charge is 0.155 e. The molecule has 0 aliphatic carbocycles. The van der Waals surface area contributed by atoms with Crippen LogP contribution in [0.2, 0.25) is 0 Å². The van der Waals surface area contributed by atoms with Gasteiger partial charge in [0.15, 0.2) is 5.65 Å². The Balaban J connectivity index is 2.04. The quantitative estimate of drug-likeness (QED) is 0.740.